The molecule has 0 bridgehead atoms. The Morgan fingerprint density at radius 2 is 2.47 bits per heavy atom. The van der Waals surface area contributed by atoms with Crippen LogP contribution in [-0.2, 0) is 4.74 Å². The van der Waals surface area contributed by atoms with Crippen LogP contribution in [-0.4, -0.2) is 48.8 Å². The second-order valence-electron chi connectivity index (χ2n) is 4.80. The van der Waals surface area contributed by atoms with Gasteiger partial charge in [0, 0.05) is 30.2 Å². The lowest BCUT2D eigenvalue weighted by atomic mass is 10.1. The minimum absolute atomic E-state index is 0.219. The number of ether oxygens (including phenoxy) is 1. The maximum absolute atomic E-state index is 5.91. The molecule has 2 rings (SSSR count). The van der Waals surface area contributed by atoms with E-state index in [0.717, 1.165) is 19.7 Å². The van der Waals surface area contributed by atoms with Crippen molar-refractivity contribution in [3.63, 3.8) is 0 Å². The number of aromatic nitrogens is 1. The minimum Gasteiger partial charge on any atom is -0.374 e. The van der Waals surface area contributed by atoms with Gasteiger partial charge in [0.1, 0.15) is 0 Å². The molecular formula is C12H21N3OS. The standard InChI is InChI=1S/C12H21N3OS/c1-9(2)14-6-10-12(11-7-13-8-17-11)15(3)4-5-16-10/h7-10,12,14H,4-6H2,1-3H3. The number of morpholine rings is 1. The molecule has 1 N–H and O–H groups in total. The predicted molar refractivity (Wildman–Crippen MR) is 70.4 cm³/mol. The third-order valence-electron chi connectivity index (χ3n) is 3.07. The Morgan fingerprint density at radius 3 is 3.12 bits per heavy atom. The molecule has 0 radical (unpaired) electrons. The summed E-state index contributed by atoms with van der Waals surface area (Å²) in [4.78, 5) is 7.84. The topological polar surface area (TPSA) is 37.4 Å². The molecule has 0 aliphatic carbocycles. The lowest BCUT2D eigenvalue weighted by Gasteiger charge is -2.38. The molecular weight excluding hydrogens is 234 g/mol. The molecule has 1 aliphatic heterocycles. The van der Waals surface area contributed by atoms with E-state index in [1.54, 1.807) is 11.3 Å². The van der Waals surface area contributed by atoms with Crippen molar-refractivity contribution in [3.05, 3.63) is 16.6 Å². The molecule has 17 heavy (non-hydrogen) atoms. The molecule has 0 amide bonds. The summed E-state index contributed by atoms with van der Waals surface area (Å²) in [5.41, 5.74) is 1.89. The van der Waals surface area contributed by atoms with Crippen LogP contribution in [0.5, 0.6) is 0 Å². The SMILES string of the molecule is CC(C)NCC1OCCN(C)C1c1cncs1. The first-order chi connectivity index (χ1) is 8.18. The van der Waals surface area contributed by atoms with Crippen LogP contribution in [0.4, 0.5) is 0 Å². The molecule has 1 aromatic heterocycles. The summed E-state index contributed by atoms with van der Waals surface area (Å²) in [5, 5.41) is 3.46. The molecule has 5 heteroatoms. The summed E-state index contributed by atoms with van der Waals surface area (Å²) in [5.74, 6) is 0. The summed E-state index contributed by atoms with van der Waals surface area (Å²) < 4.78 is 5.91. The Morgan fingerprint density at radius 1 is 1.65 bits per heavy atom. The number of likely N-dealkylation sites (N-methyl/N-ethyl adjacent to an activating group) is 1. The van der Waals surface area contributed by atoms with Crippen molar-refractivity contribution in [3.8, 4) is 0 Å². The van der Waals surface area contributed by atoms with Crippen molar-refractivity contribution in [1.29, 1.82) is 0 Å². The molecule has 1 fully saturated rings. The highest BCUT2D eigenvalue weighted by Crippen LogP contribution is 2.30. The van der Waals surface area contributed by atoms with Gasteiger partial charge in [0.05, 0.1) is 24.3 Å². The van der Waals surface area contributed by atoms with E-state index in [-0.39, 0.29) is 6.10 Å². The van der Waals surface area contributed by atoms with E-state index < -0.39 is 0 Å². The van der Waals surface area contributed by atoms with Crippen molar-refractivity contribution in [2.45, 2.75) is 32.0 Å². The van der Waals surface area contributed by atoms with Gasteiger partial charge in [-0.2, -0.15) is 0 Å². The third-order valence-corrected chi connectivity index (χ3v) is 3.92. The zero-order valence-electron chi connectivity index (χ0n) is 10.7. The third kappa shape index (κ3) is 3.25. The Hall–Kier alpha value is -0.490. The number of nitrogens with zero attached hydrogens (tertiary/aromatic N) is 2. The second-order valence-corrected chi connectivity index (χ2v) is 5.72. The zero-order chi connectivity index (χ0) is 12.3. The smallest absolute Gasteiger partial charge is 0.0905 e. The second kappa shape index (κ2) is 5.91. The monoisotopic (exact) mass is 255 g/mol. The number of nitrogens with one attached hydrogen (secondary N) is 1. The highest BCUT2D eigenvalue weighted by Gasteiger charge is 2.32. The highest BCUT2D eigenvalue weighted by atomic mass is 32.1. The van der Waals surface area contributed by atoms with E-state index in [2.05, 4.69) is 36.1 Å². The van der Waals surface area contributed by atoms with Gasteiger partial charge in [-0.15, -0.1) is 11.3 Å². The van der Waals surface area contributed by atoms with Crippen molar-refractivity contribution in [2.24, 2.45) is 0 Å². The van der Waals surface area contributed by atoms with Gasteiger partial charge in [0.25, 0.3) is 0 Å². The minimum atomic E-state index is 0.219. The van der Waals surface area contributed by atoms with Gasteiger partial charge >= 0.3 is 0 Å². The fourth-order valence-corrected chi connectivity index (χ4v) is 2.99. The maximum Gasteiger partial charge on any atom is 0.0905 e. The van der Waals surface area contributed by atoms with Gasteiger partial charge in [-0.1, -0.05) is 13.8 Å². The van der Waals surface area contributed by atoms with Gasteiger partial charge < -0.3 is 10.1 Å². The Labute approximate surface area is 107 Å². The maximum atomic E-state index is 5.91. The summed E-state index contributed by atoms with van der Waals surface area (Å²) >= 11 is 1.71. The first-order valence-electron chi connectivity index (χ1n) is 6.12. The largest absolute Gasteiger partial charge is 0.374 e. The van der Waals surface area contributed by atoms with Crippen LogP contribution in [0, 0.1) is 0 Å². The lowest BCUT2D eigenvalue weighted by molar-refractivity contribution is -0.0609. The molecule has 1 aromatic rings. The first kappa shape index (κ1) is 13.0. The van der Waals surface area contributed by atoms with Crippen LogP contribution in [0.15, 0.2) is 11.7 Å². The number of rotatable bonds is 4. The van der Waals surface area contributed by atoms with Crippen LogP contribution in [0.1, 0.15) is 24.8 Å². The van der Waals surface area contributed by atoms with E-state index in [1.165, 1.54) is 4.88 Å². The van der Waals surface area contributed by atoms with Crippen LogP contribution >= 0.6 is 11.3 Å². The van der Waals surface area contributed by atoms with E-state index in [1.807, 2.05) is 11.7 Å². The lowest BCUT2D eigenvalue weighted by Crippen LogP contribution is -2.48. The summed E-state index contributed by atoms with van der Waals surface area (Å²) in [6.45, 7) is 7.02. The molecule has 0 saturated carbocycles. The van der Waals surface area contributed by atoms with Crippen molar-refractivity contribution >= 4 is 11.3 Å². The van der Waals surface area contributed by atoms with Crippen LogP contribution < -0.4 is 5.32 Å². The average Bonchev–Trinajstić information content (AvgIpc) is 2.79. The molecule has 1 saturated heterocycles. The Kier molecular flexibility index (Phi) is 4.50. The summed E-state index contributed by atoms with van der Waals surface area (Å²) in [6.07, 6.45) is 2.18. The number of hydrogen-bond donors (Lipinski definition) is 1. The van der Waals surface area contributed by atoms with Gasteiger partial charge in [-0.3, -0.25) is 9.88 Å². The van der Waals surface area contributed by atoms with Gasteiger partial charge in [-0.25, -0.2) is 0 Å². The summed E-state index contributed by atoms with van der Waals surface area (Å²) in [6, 6.07) is 0.829. The van der Waals surface area contributed by atoms with E-state index in [4.69, 9.17) is 4.74 Å². The van der Waals surface area contributed by atoms with Crippen molar-refractivity contribution < 1.29 is 4.74 Å². The molecule has 96 valence electrons. The van der Waals surface area contributed by atoms with Crippen molar-refractivity contribution in [1.82, 2.24) is 15.2 Å². The molecule has 0 aromatic carbocycles. The fourth-order valence-electron chi connectivity index (χ4n) is 2.16. The Balaban J connectivity index is 2.06. The molecule has 4 nitrogen and oxygen atoms in total. The van der Waals surface area contributed by atoms with Crippen LogP contribution in [0.25, 0.3) is 0 Å². The Bertz CT molecular complexity index is 329. The molecule has 1 aliphatic rings. The number of hydrogen-bond acceptors (Lipinski definition) is 5. The van der Waals surface area contributed by atoms with Crippen LogP contribution in [0.2, 0.25) is 0 Å². The average molecular weight is 255 g/mol. The molecule has 0 spiro atoms. The zero-order valence-corrected chi connectivity index (χ0v) is 11.5. The quantitative estimate of drug-likeness (QED) is 0.885. The number of thiazole rings is 1. The van der Waals surface area contributed by atoms with Crippen LogP contribution in [0.3, 0.4) is 0 Å². The molecule has 2 heterocycles. The highest BCUT2D eigenvalue weighted by molar-refractivity contribution is 7.09. The normalized spacial score (nSPS) is 26.6. The molecule has 2 atom stereocenters. The van der Waals surface area contributed by atoms with Gasteiger partial charge in [0.2, 0.25) is 0 Å². The van der Waals surface area contributed by atoms with E-state index in [9.17, 15) is 0 Å². The summed E-state index contributed by atoms with van der Waals surface area (Å²) in [7, 11) is 2.16. The van der Waals surface area contributed by atoms with Crippen molar-refractivity contribution in [2.75, 3.05) is 26.7 Å². The van der Waals surface area contributed by atoms with E-state index >= 15 is 0 Å². The van der Waals surface area contributed by atoms with E-state index in [0.29, 0.717) is 12.1 Å². The van der Waals surface area contributed by atoms with Gasteiger partial charge in [0.15, 0.2) is 0 Å². The van der Waals surface area contributed by atoms with Gasteiger partial charge in [-0.05, 0) is 7.05 Å². The molecule has 2 unspecified atom stereocenters. The fraction of sp³-hybridized carbons (Fsp3) is 0.750. The predicted octanol–water partition coefficient (Wildman–Crippen LogP) is 1.51. The first-order valence-corrected chi connectivity index (χ1v) is 7.00.